The smallest absolute Gasteiger partial charge is 0.258 e. The van der Waals surface area contributed by atoms with E-state index in [4.69, 9.17) is 28.7 Å². The topological polar surface area (TPSA) is 110 Å². The zero-order valence-electron chi connectivity index (χ0n) is 30.1. The number of hydrogen-bond donors (Lipinski definition) is 1. The van der Waals surface area contributed by atoms with E-state index in [9.17, 15) is 9.59 Å². The van der Waals surface area contributed by atoms with Crippen LogP contribution in [-0.4, -0.2) is 52.4 Å². The molecule has 0 saturated carbocycles. The molecule has 1 saturated heterocycles. The highest BCUT2D eigenvalue weighted by molar-refractivity contribution is 6.35. The Hall–Kier alpha value is -5.75. The van der Waals surface area contributed by atoms with Gasteiger partial charge in [0.05, 0.1) is 38.6 Å². The van der Waals surface area contributed by atoms with Crippen LogP contribution < -0.4 is 5.32 Å². The number of carbonyl (C=O) groups is 2. The van der Waals surface area contributed by atoms with Gasteiger partial charge in [0.15, 0.2) is 6.23 Å². The fourth-order valence-electron chi connectivity index (χ4n) is 7.09. The molecule has 0 radical (unpaired) electrons. The van der Waals surface area contributed by atoms with Gasteiger partial charge in [-0.25, -0.2) is 4.98 Å². The average Bonchev–Trinajstić information content (AvgIpc) is 3.78. The van der Waals surface area contributed by atoms with Gasteiger partial charge >= 0.3 is 0 Å². The molecule has 0 aliphatic carbocycles. The molecule has 1 N–H and O–H groups in total. The highest BCUT2D eigenvalue weighted by Crippen LogP contribution is 2.39. The quantitative estimate of drug-likeness (QED) is 0.113. The van der Waals surface area contributed by atoms with E-state index in [1.165, 1.54) is 6.08 Å². The number of nitrogens with one attached hydrogen (secondary N) is 1. The SMILES string of the molecule is O=C1C=C(c2cn(C3O[C@H](COCc4ccccc4)[C@@H](OCc4ccccc4)[C@H](OCc4ccccc4)[C@H]3OCc3ccccc3)c3ncccc23)C(=O)N1. The fourth-order valence-corrected chi connectivity index (χ4v) is 7.09. The van der Waals surface area contributed by atoms with Gasteiger partial charge in [0.1, 0.15) is 30.1 Å². The molecule has 6 aromatic rings. The summed E-state index contributed by atoms with van der Waals surface area (Å²) in [5.41, 5.74) is 5.35. The summed E-state index contributed by atoms with van der Waals surface area (Å²) in [5.74, 6) is -0.939. The number of amides is 2. The van der Waals surface area contributed by atoms with E-state index in [2.05, 4.69) is 5.32 Å². The van der Waals surface area contributed by atoms with Crippen LogP contribution in [-0.2, 0) is 59.7 Å². The van der Waals surface area contributed by atoms with Crippen molar-refractivity contribution in [1.82, 2.24) is 14.9 Å². The van der Waals surface area contributed by atoms with Crippen LogP contribution in [0, 0.1) is 0 Å². The average molecular weight is 736 g/mol. The predicted octanol–water partition coefficient (Wildman–Crippen LogP) is 6.95. The van der Waals surface area contributed by atoms with Gasteiger partial charge < -0.3 is 28.3 Å². The monoisotopic (exact) mass is 735 g/mol. The number of fused-ring (bicyclic) bond motifs is 1. The third kappa shape index (κ3) is 8.49. The van der Waals surface area contributed by atoms with Crippen LogP contribution in [0.25, 0.3) is 16.6 Å². The maximum atomic E-state index is 13.0. The highest BCUT2D eigenvalue weighted by Gasteiger charge is 2.50. The van der Waals surface area contributed by atoms with E-state index in [-0.39, 0.29) is 25.4 Å². The largest absolute Gasteiger partial charge is 0.374 e. The summed E-state index contributed by atoms with van der Waals surface area (Å²) in [6.07, 6.45) is 1.33. The minimum absolute atomic E-state index is 0.184. The molecule has 1 unspecified atom stereocenters. The molecule has 2 aliphatic heterocycles. The van der Waals surface area contributed by atoms with Crippen molar-refractivity contribution in [3.8, 4) is 0 Å². The van der Waals surface area contributed by atoms with E-state index in [1.807, 2.05) is 138 Å². The zero-order chi connectivity index (χ0) is 37.4. The number of carbonyl (C=O) groups excluding carboxylic acids is 2. The van der Waals surface area contributed by atoms with E-state index in [1.54, 1.807) is 12.3 Å². The van der Waals surface area contributed by atoms with Crippen molar-refractivity contribution >= 4 is 28.4 Å². The molecular formula is C45H41N3O7. The van der Waals surface area contributed by atoms with Gasteiger partial charge in [-0.3, -0.25) is 14.9 Å². The first-order valence-corrected chi connectivity index (χ1v) is 18.4. The number of hydrogen-bond acceptors (Lipinski definition) is 8. The standard InChI is InChI=1S/C45H41N3O7/c49-39-24-36(44(50)47-39)37-25-48(43-35(37)22-13-23-46-43)45-42(54-29-34-20-11-4-12-21-34)41(53-28-33-18-9-3-10-19-33)40(52-27-32-16-7-2-8-17-32)38(55-45)30-51-26-31-14-5-1-6-15-31/h1-25,38,40-42,45H,26-30H2,(H,47,49,50)/t38-,40-,41+,42-,45?/m1/s1. The first-order chi connectivity index (χ1) is 27.1. The number of benzene rings is 4. The molecular weight excluding hydrogens is 695 g/mol. The summed E-state index contributed by atoms with van der Waals surface area (Å²) >= 11 is 0. The van der Waals surface area contributed by atoms with Gasteiger partial charge in [-0.15, -0.1) is 0 Å². The van der Waals surface area contributed by atoms with Crippen LogP contribution in [0.5, 0.6) is 0 Å². The van der Waals surface area contributed by atoms with E-state index >= 15 is 0 Å². The van der Waals surface area contributed by atoms with Crippen molar-refractivity contribution in [2.24, 2.45) is 0 Å². The first kappa shape index (κ1) is 36.2. The second-order valence-corrected chi connectivity index (χ2v) is 13.6. The Labute approximate surface area is 319 Å². The Morgan fingerprint density at radius 1 is 0.618 bits per heavy atom. The molecule has 10 nitrogen and oxygen atoms in total. The molecule has 10 heteroatoms. The molecule has 5 atom stereocenters. The van der Waals surface area contributed by atoms with Crippen molar-refractivity contribution in [2.45, 2.75) is 57.1 Å². The van der Waals surface area contributed by atoms with Crippen LogP contribution in [0.3, 0.4) is 0 Å². The maximum absolute atomic E-state index is 13.0. The van der Waals surface area contributed by atoms with Gasteiger partial charge in [0.2, 0.25) is 0 Å². The Morgan fingerprint density at radius 3 is 1.69 bits per heavy atom. The number of aromatic nitrogens is 2. The lowest BCUT2D eigenvalue weighted by atomic mass is 9.96. The second-order valence-electron chi connectivity index (χ2n) is 13.6. The van der Waals surface area contributed by atoms with Crippen molar-refractivity contribution in [3.63, 3.8) is 0 Å². The van der Waals surface area contributed by atoms with Gasteiger partial charge in [-0.05, 0) is 34.4 Å². The van der Waals surface area contributed by atoms with Crippen LogP contribution in [0.2, 0.25) is 0 Å². The molecule has 4 aromatic carbocycles. The van der Waals surface area contributed by atoms with Crippen molar-refractivity contribution < 1.29 is 33.3 Å². The number of imide groups is 1. The zero-order valence-corrected chi connectivity index (χ0v) is 30.1. The fraction of sp³-hybridized carbons (Fsp3) is 0.222. The summed E-state index contributed by atoms with van der Waals surface area (Å²) < 4.78 is 36.0. The Kier molecular flexibility index (Phi) is 11.3. The lowest BCUT2D eigenvalue weighted by Gasteiger charge is -2.46. The molecule has 0 bridgehead atoms. The summed E-state index contributed by atoms with van der Waals surface area (Å²) in [5, 5.41) is 3.06. The lowest BCUT2D eigenvalue weighted by molar-refractivity contribution is -0.289. The minimum atomic E-state index is -0.821. The number of nitrogens with zero attached hydrogens (tertiary/aromatic N) is 2. The number of pyridine rings is 1. The first-order valence-electron chi connectivity index (χ1n) is 18.4. The van der Waals surface area contributed by atoms with Gasteiger partial charge in [0.25, 0.3) is 11.8 Å². The predicted molar refractivity (Wildman–Crippen MR) is 206 cm³/mol. The van der Waals surface area contributed by atoms with Crippen LogP contribution >= 0.6 is 0 Å². The van der Waals surface area contributed by atoms with Crippen molar-refractivity contribution in [3.05, 3.63) is 180 Å². The number of ether oxygens (including phenoxy) is 5. The molecule has 2 amide bonds. The van der Waals surface area contributed by atoms with Crippen molar-refractivity contribution in [2.75, 3.05) is 6.61 Å². The lowest BCUT2D eigenvalue weighted by Crippen LogP contribution is -2.59. The Morgan fingerprint density at radius 2 is 1.15 bits per heavy atom. The highest BCUT2D eigenvalue weighted by atomic mass is 16.6. The summed E-state index contributed by atoms with van der Waals surface area (Å²) in [6, 6.07) is 43.5. The number of rotatable bonds is 15. The van der Waals surface area contributed by atoms with Gasteiger partial charge in [-0.1, -0.05) is 121 Å². The van der Waals surface area contributed by atoms with E-state index < -0.39 is 42.5 Å². The van der Waals surface area contributed by atoms with Crippen molar-refractivity contribution in [1.29, 1.82) is 0 Å². The van der Waals surface area contributed by atoms with Gasteiger partial charge in [0, 0.05) is 29.4 Å². The molecule has 2 aliphatic rings. The molecule has 8 rings (SSSR count). The second kappa shape index (κ2) is 17.2. The molecule has 278 valence electrons. The van der Waals surface area contributed by atoms with Crippen LogP contribution in [0.1, 0.15) is 34.0 Å². The Bertz CT molecular complexity index is 2230. The summed E-state index contributed by atoms with van der Waals surface area (Å²) in [4.78, 5) is 30.1. The maximum Gasteiger partial charge on any atom is 0.258 e. The molecule has 55 heavy (non-hydrogen) atoms. The van der Waals surface area contributed by atoms with Crippen LogP contribution in [0.15, 0.2) is 152 Å². The third-order valence-electron chi connectivity index (χ3n) is 9.77. The summed E-state index contributed by atoms with van der Waals surface area (Å²) in [6.45, 7) is 1.41. The molecule has 4 heterocycles. The minimum Gasteiger partial charge on any atom is -0.374 e. The van der Waals surface area contributed by atoms with E-state index in [0.29, 0.717) is 29.8 Å². The molecule has 2 aromatic heterocycles. The molecule has 0 spiro atoms. The summed E-state index contributed by atoms with van der Waals surface area (Å²) in [7, 11) is 0. The Balaban J connectivity index is 1.22. The van der Waals surface area contributed by atoms with Gasteiger partial charge in [-0.2, -0.15) is 0 Å². The van der Waals surface area contributed by atoms with Crippen LogP contribution in [0.4, 0.5) is 0 Å². The normalized spacial score (nSPS) is 21.1. The third-order valence-corrected chi connectivity index (χ3v) is 9.77. The molecule has 1 fully saturated rings. The van der Waals surface area contributed by atoms with E-state index in [0.717, 1.165) is 22.3 Å².